The summed E-state index contributed by atoms with van der Waals surface area (Å²) in [6, 6.07) is 7.66. The standard InChI is InChI=1S/C24H30N4O4S/c1-5-26-22(30)19(23(31)27(6-2)24(26)33)14-18-16(3)28(20-11-8-7-10-17(18)20)15-21(29)25-12-9-13-32-4/h7-8,10-11,14H,5-6,9,12-13,15H2,1-4H3,(H,25,29). The number of amides is 3. The molecule has 33 heavy (non-hydrogen) atoms. The average Bonchev–Trinajstić information content (AvgIpc) is 3.06. The van der Waals surface area contributed by atoms with Crippen molar-refractivity contribution in [3.8, 4) is 0 Å². The first kappa shape index (κ1) is 24.6. The van der Waals surface area contributed by atoms with Crippen molar-refractivity contribution in [2.75, 3.05) is 33.4 Å². The molecular weight excluding hydrogens is 440 g/mol. The summed E-state index contributed by atoms with van der Waals surface area (Å²) in [4.78, 5) is 41.6. The lowest BCUT2D eigenvalue weighted by Crippen LogP contribution is -2.55. The van der Waals surface area contributed by atoms with Gasteiger partial charge < -0.3 is 14.6 Å². The smallest absolute Gasteiger partial charge is 0.265 e. The lowest BCUT2D eigenvalue weighted by atomic mass is 10.0. The Hall–Kier alpha value is -3.04. The molecule has 1 aromatic carbocycles. The summed E-state index contributed by atoms with van der Waals surface area (Å²) >= 11 is 5.35. The highest BCUT2D eigenvalue weighted by Crippen LogP contribution is 2.30. The molecule has 0 aliphatic carbocycles. The molecule has 3 rings (SSSR count). The van der Waals surface area contributed by atoms with Crippen LogP contribution in [0.5, 0.6) is 0 Å². The first-order valence-electron chi connectivity index (χ1n) is 11.1. The number of likely N-dealkylation sites (N-methyl/N-ethyl adjacent to an activating group) is 2. The van der Waals surface area contributed by atoms with Crippen LogP contribution < -0.4 is 5.32 Å². The van der Waals surface area contributed by atoms with Crippen LogP contribution in [0.25, 0.3) is 17.0 Å². The fourth-order valence-electron chi connectivity index (χ4n) is 4.01. The molecular formula is C24H30N4O4S. The molecule has 176 valence electrons. The first-order valence-corrected chi connectivity index (χ1v) is 11.5. The zero-order valence-electron chi connectivity index (χ0n) is 19.5. The SMILES string of the molecule is CCN1C(=O)C(=Cc2c(C)n(CC(=O)NCCCOC)c3ccccc23)C(=O)N(CC)C1=S. The van der Waals surface area contributed by atoms with Gasteiger partial charge in [-0.1, -0.05) is 18.2 Å². The molecule has 1 aliphatic rings. The maximum Gasteiger partial charge on any atom is 0.265 e. The molecule has 1 aliphatic heterocycles. The van der Waals surface area contributed by atoms with Crippen LogP contribution in [0.1, 0.15) is 31.5 Å². The van der Waals surface area contributed by atoms with Gasteiger partial charge >= 0.3 is 0 Å². The highest BCUT2D eigenvalue weighted by Gasteiger charge is 2.38. The van der Waals surface area contributed by atoms with E-state index in [4.69, 9.17) is 17.0 Å². The van der Waals surface area contributed by atoms with Crippen molar-refractivity contribution in [1.82, 2.24) is 19.7 Å². The Kier molecular flexibility index (Phi) is 7.99. The zero-order chi connectivity index (χ0) is 24.1. The Morgan fingerprint density at radius 2 is 1.76 bits per heavy atom. The van der Waals surface area contributed by atoms with Crippen LogP contribution in [0, 0.1) is 6.92 Å². The van der Waals surface area contributed by atoms with Crippen LogP contribution in [0.4, 0.5) is 0 Å². The maximum absolute atomic E-state index is 13.1. The van der Waals surface area contributed by atoms with E-state index in [1.807, 2.05) is 49.6 Å². The van der Waals surface area contributed by atoms with Gasteiger partial charge in [0.25, 0.3) is 11.8 Å². The van der Waals surface area contributed by atoms with E-state index in [1.165, 1.54) is 9.80 Å². The summed E-state index contributed by atoms with van der Waals surface area (Å²) < 4.78 is 6.92. The molecule has 0 unspecified atom stereocenters. The summed E-state index contributed by atoms with van der Waals surface area (Å²) in [6.45, 7) is 7.55. The van der Waals surface area contributed by atoms with E-state index in [2.05, 4.69) is 5.32 Å². The van der Waals surface area contributed by atoms with Gasteiger partial charge in [0.2, 0.25) is 5.91 Å². The molecule has 2 heterocycles. The van der Waals surface area contributed by atoms with Gasteiger partial charge in [0.05, 0.1) is 0 Å². The maximum atomic E-state index is 13.1. The average molecular weight is 471 g/mol. The predicted molar refractivity (Wildman–Crippen MR) is 132 cm³/mol. The number of benzene rings is 1. The Labute approximate surface area is 199 Å². The fourth-order valence-corrected chi connectivity index (χ4v) is 4.44. The van der Waals surface area contributed by atoms with Crippen molar-refractivity contribution in [2.45, 2.75) is 33.7 Å². The summed E-state index contributed by atoms with van der Waals surface area (Å²) in [6.07, 6.45) is 2.38. The monoisotopic (exact) mass is 470 g/mol. The molecule has 1 aromatic heterocycles. The highest BCUT2D eigenvalue weighted by atomic mass is 32.1. The van der Waals surface area contributed by atoms with E-state index in [9.17, 15) is 14.4 Å². The van der Waals surface area contributed by atoms with Gasteiger partial charge in [-0.3, -0.25) is 24.2 Å². The minimum atomic E-state index is -0.399. The quantitative estimate of drug-likeness (QED) is 0.264. The van der Waals surface area contributed by atoms with Gasteiger partial charge in [-0.2, -0.15) is 0 Å². The van der Waals surface area contributed by atoms with E-state index in [0.717, 1.165) is 28.6 Å². The molecule has 0 spiro atoms. The Morgan fingerprint density at radius 3 is 2.36 bits per heavy atom. The number of methoxy groups -OCH3 is 1. The topological polar surface area (TPSA) is 83.9 Å². The molecule has 0 atom stereocenters. The summed E-state index contributed by atoms with van der Waals surface area (Å²) in [5, 5.41) is 4.01. The van der Waals surface area contributed by atoms with E-state index in [1.54, 1.807) is 13.2 Å². The lowest BCUT2D eigenvalue weighted by molar-refractivity contribution is -0.133. The van der Waals surface area contributed by atoms with Gasteiger partial charge in [0.15, 0.2) is 5.11 Å². The number of hydrogen-bond donors (Lipinski definition) is 1. The number of carbonyl (C=O) groups is 3. The molecule has 2 aromatic rings. The molecule has 0 radical (unpaired) electrons. The van der Waals surface area contributed by atoms with E-state index >= 15 is 0 Å². The van der Waals surface area contributed by atoms with Gasteiger partial charge in [0, 0.05) is 55.5 Å². The number of nitrogens with zero attached hydrogens (tertiary/aromatic N) is 3. The number of aromatic nitrogens is 1. The minimum absolute atomic E-state index is 0.0716. The van der Waals surface area contributed by atoms with Crippen LogP contribution >= 0.6 is 12.2 Å². The number of para-hydroxylation sites is 1. The largest absolute Gasteiger partial charge is 0.385 e. The fraction of sp³-hybridized carbons (Fsp3) is 0.417. The number of carbonyl (C=O) groups excluding carboxylic acids is 3. The minimum Gasteiger partial charge on any atom is -0.385 e. The highest BCUT2D eigenvalue weighted by molar-refractivity contribution is 7.80. The number of ether oxygens (including phenoxy) is 1. The predicted octanol–water partition coefficient (Wildman–Crippen LogP) is 2.48. The second kappa shape index (κ2) is 10.7. The van der Waals surface area contributed by atoms with Crippen LogP contribution in [0.2, 0.25) is 0 Å². The molecule has 0 saturated carbocycles. The van der Waals surface area contributed by atoms with E-state index in [-0.39, 0.29) is 23.1 Å². The van der Waals surface area contributed by atoms with Crippen molar-refractivity contribution >= 4 is 52.0 Å². The second-order valence-corrected chi connectivity index (χ2v) is 8.10. The van der Waals surface area contributed by atoms with Gasteiger partial charge in [-0.05, 0) is 51.6 Å². The number of hydrogen-bond acceptors (Lipinski definition) is 5. The third-order valence-corrected chi connectivity index (χ3v) is 6.20. The molecule has 1 saturated heterocycles. The number of nitrogens with one attached hydrogen (secondary N) is 1. The van der Waals surface area contributed by atoms with Crippen LogP contribution in [0.3, 0.4) is 0 Å². The Balaban J connectivity index is 2.02. The molecule has 1 N–H and O–H groups in total. The van der Waals surface area contributed by atoms with Gasteiger partial charge in [-0.15, -0.1) is 0 Å². The molecule has 9 heteroatoms. The van der Waals surface area contributed by atoms with Crippen molar-refractivity contribution in [3.05, 3.63) is 41.1 Å². The van der Waals surface area contributed by atoms with Crippen molar-refractivity contribution < 1.29 is 19.1 Å². The van der Waals surface area contributed by atoms with Crippen LogP contribution in [0.15, 0.2) is 29.8 Å². The third-order valence-electron chi connectivity index (χ3n) is 5.76. The van der Waals surface area contributed by atoms with Crippen LogP contribution in [-0.2, 0) is 25.7 Å². The van der Waals surface area contributed by atoms with Crippen molar-refractivity contribution in [3.63, 3.8) is 0 Å². The number of rotatable bonds is 9. The molecule has 0 bridgehead atoms. The second-order valence-electron chi connectivity index (χ2n) is 7.74. The normalized spacial score (nSPS) is 14.4. The summed E-state index contributed by atoms with van der Waals surface area (Å²) in [5.74, 6) is -0.910. The van der Waals surface area contributed by atoms with Gasteiger partial charge in [-0.25, -0.2) is 0 Å². The Morgan fingerprint density at radius 1 is 1.12 bits per heavy atom. The van der Waals surface area contributed by atoms with Crippen molar-refractivity contribution in [2.24, 2.45) is 0 Å². The van der Waals surface area contributed by atoms with E-state index < -0.39 is 11.8 Å². The number of thiocarbonyl (C=S) groups is 1. The number of fused-ring (bicyclic) bond motifs is 1. The van der Waals surface area contributed by atoms with Crippen LogP contribution in [-0.4, -0.2) is 70.6 Å². The third kappa shape index (κ3) is 4.84. The van der Waals surface area contributed by atoms with Crippen molar-refractivity contribution in [1.29, 1.82) is 0 Å². The zero-order valence-corrected chi connectivity index (χ0v) is 20.3. The molecule has 1 fully saturated rings. The lowest BCUT2D eigenvalue weighted by Gasteiger charge is -2.35. The first-order chi connectivity index (χ1) is 15.8. The Bertz CT molecular complexity index is 1090. The summed E-state index contributed by atoms with van der Waals surface area (Å²) in [7, 11) is 1.63. The molecule has 8 nitrogen and oxygen atoms in total. The van der Waals surface area contributed by atoms with E-state index in [0.29, 0.717) is 26.2 Å². The van der Waals surface area contributed by atoms with Gasteiger partial charge in [0.1, 0.15) is 12.1 Å². The summed E-state index contributed by atoms with van der Waals surface area (Å²) in [5.41, 5.74) is 2.48. The molecule has 3 amide bonds.